The van der Waals surface area contributed by atoms with Crippen LogP contribution in [0.4, 0.5) is 4.79 Å². The van der Waals surface area contributed by atoms with Crippen molar-refractivity contribution in [2.75, 3.05) is 11.5 Å². The van der Waals surface area contributed by atoms with Gasteiger partial charge in [0.25, 0.3) is 0 Å². The summed E-state index contributed by atoms with van der Waals surface area (Å²) in [4.78, 5) is 59.1. The lowest BCUT2D eigenvalue weighted by Crippen LogP contribution is -2.52. The number of ketones is 1. The zero-order chi connectivity index (χ0) is 24.3. The van der Waals surface area contributed by atoms with Crippen LogP contribution in [0.3, 0.4) is 0 Å². The number of imide groups is 1. The summed E-state index contributed by atoms with van der Waals surface area (Å²) in [6.07, 6.45) is 1.43. The van der Waals surface area contributed by atoms with Crippen molar-refractivity contribution in [3.8, 4) is 5.75 Å². The number of hydrogen-bond donors (Lipinski definition) is 5. The molecule has 11 heteroatoms. The summed E-state index contributed by atoms with van der Waals surface area (Å²) in [6.45, 7) is 6.42. The topological polar surface area (TPSA) is 168 Å². The third-order valence-electron chi connectivity index (χ3n) is 4.29. The van der Waals surface area contributed by atoms with E-state index in [9.17, 15) is 29.1 Å². The number of aromatic hydroxyl groups is 1. The van der Waals surface area contributed by atoms with Crippen LogP contribution < -0.4 is 21.7 Å². The molecule has 32 heavy (non-hydrogen) atoms. The Morgan fingerprint density at radius 2 is 1.75 bits per heavy atom. The maximum Gasteiger partial charge on any atom is 0.318 e. The molecular formula is C21H28N4O6S. The molecule has 1 aromatic rings. The van der Waals surface area contributed by atoms with Gasteiger partial charge in [0.2, 0.25) is 17.7 Å². The fourth-order valence-corrected chi connectivity index (χ4v) is 3.43. The van der Waals surface area contributed by atoms with Crippen LogP contribution in [-0.4, -0.2) is 58.2 Å². The molecule has 0 unspecified atom stereocenters. The van der Waals surface area contributed by atoms with E-state index in [1.807, 2.05) is 5.32 Å². The summed E-state index contributed by atoms with van der Waals surface area (Å²) in [6, 6.07) is 3.34. The highest BCUT2D eigenvalue weighted by atomic mass is 32.2. The van der Waals surface area contributed by atoms with Crippen molar-refractivity contribution in [2.24, 2.45) is 11.7 Å². The average Bonchev–Trinajstić information content (AvgIpc) is 2.71. The molecule has 0 radical (unpaired) electrons. The van der Waals surface area contributed by atoms with Gasteiger partial charge < -0.3 is 21.5 Å². The molecule has 6 N–H and O–H groups in total. The summed E-state index contributed by atoms with van der Waals surface area (Å²) in [7, 11) is 0. The van der Waals surface area contributed by atoms with Gasteiger partial charge in [0.05, 0.1) is 5.75 Å². The Hall–Kier alpha value is -3.34. The van der Waals surface area contributed by atoms with Crippen LogP contribution in [0.15, 0.2) is 36.9 Å². The van der Waals surface area contributed by atoms with E-state index in [1.165, 1.54) is 25.1 Å². The first kappa shape index (κ1) is 26.7. The highest BCUT2D eigenvalue weighted by Gasteiger charge is 2.24. The number of Topliss-reactive ketones (excluding diaryl/α,β-unsaturated/α-hetero) is 1. The van der Waals surface area contributed by atoms with Gasteiger partial charge in [-0.25, -0.2) is 4.79 Å². The second-order valence-corrected chi connectivity index (χ2v) is 8.12. The summed E-state index contributed by atoms with van der Waals surface area (Å²) < 4.78 is 0. The van der Waals surface area contributed by atoms with Gasteiger partial charge in [0, 0.05) is 18.1 Å². The van der Waals surface area contributed by atoms with Crippen LogP contribution in [0.1, 0.15) is 19.4 Å². The van der Waals surface area contributed by atoms with E-state index in [0.717, 1.165) is 11.8 Å². The average molecular weight is 465 g/mol. The zero-order valence-electron chi connectivity index (χ0n) is 17.9. The monoisotopic (exact) mass is 464 g/mol. The van der Waals surface area contributed by atoms with Crippen LogP contribution in [0.5, 0.6) is 5.75 Å². The number of carbonyl (C=O) groups is 5. The molecule has 3 atom stereocenters. The number of phenols is 1. The van der Waals surface area contributed by atoms with Crippen LogP contribution in [0, 0.1) is 5.92 Å². The molecule has 0 saturated carbocycles. The van der Waals surface area contributed by atoms with Gasteiger partial charge in [-0.15, -0.1) is 6.58 Å². The smallest absolute Gasteiger partial charge is 0.318 e. The Labute approximate surface area is 190 Å². The predicted octanol–water partition coefficient (Wildman–Crippen LogP) is 0.244. The Kier molecular flexibility index (Phi) is 11.0. The Morgan fingerprint density at radius 1 is 1.12 bits per heavy atom. The second-order valence-electron chi connectivity index (χ2n) is 7.09. The van der Waals surface area contributed by atoms with E-state index in [1.54, 1.807) is 19.1 Å². The number of phenolic OH excluding ortho intramolecular Hbond substituents is 1. The van der Waals surface area contributed by atoms with E-state index in [2.05, 4.69) is 17.2 Å². The van der Waals surface area contributed by atoms with Crippen molar-refractivity contribution in [3.05, 3.63) is 42.5 Å². The molecule has 0 fully saturated rings. The zero-order valence-corrected chi connectivity index (χ0v) is 18.7. The molecular weight excluding hydrogens is 436 g/mol. The Morgan fingerprint density at radius 3 is 2.28 bits per heavy atom. The number of urea groups is 1. The minimum atomic E-state index is -0.981. The number of thioether (sulfide) groups is 1. The normalized spacial score (nSPS) is 13.2. The number of rotatable bonds is 12. The van der Waals surface area contributed by atoms with Gasteiger partial charge in [-0.05, 0) is 24.6 Å². The molecule has 0 bridgehead atoms. The first-order chi connectivity index (χ1) is 15.0. The standard InChI is InChI=1S/C21H28N4O6S/c1-4-16(13(3)26)24-20(30)17(9-14-5-7-15(27)8-6-14)23-18(28)11-32-10-12(2)19(29)25-21(22)31/h4-8,12,16-17,27H,1,9-11H2,2-3H3,(H,23,28)(H,24,30)(H3,22,25,29,31)/t12-,16-,17-/m0/s1. The van der Waals surface area contributed by atoms with E-state index in [-0.39, 0.29) is 29.5 Å². The second kappa shape index (κ2) is 13.2. The lowest BCUT2D eigenvalue weighted by atomic mass is 10.0. The lowest BCUT2D eigenvalue weighted by molar-refractivity contribution is -0.129. The number of primary amides is 1. The molecule has 0 saturated heterocycles. The van der Waals surface area contributed by atoms with Crippen LogP contribution >= 0.6 is 11.8 Å². The van der Waals surface area contributed by atoms with Gasteiger partial charge >= 0.3 is 6.03 Å². The van der Waals surface area contributed by atoms with Crippen LogP contribution in [-0.2, 0) is 25.6 Å². The van der Waals surface area contributed by atoms with E-state index in [0.29, 0.717) is 5.56 Å². The van der Waals surface area contributed by atoms with E-state index < -0.39 is 41.8 Å². The fraction of sp³-hybridized carbons (Fsp3) is 0.381. The van der Waals surface area contributed by atoms with Gasteiger partial charge in [-0.1, -0.05) is 25.1 Å². The molecule has 0 aromatic heterocycles. The third kappa shape index (κ3) is 9.65. The van der Waals surface area contributed by atoms with Crippen molar-refractivity contribution in [1.29, 1.82) is 0 Å². The highest BCUT2D eigenvalue weighted by molar-refractivity contribution is 7.99. The molecule has 0 aliphatic carbocycles. The molecule has 0 heterocycles. The molecule has 174 valence electrons. The summed E-state index contributed by atoms with van der Waals surface area (Å²) in [5.74, 6) is -2.14. The van der Waals surface area contributed by atoms with Crippen molar-refractivity contribution in [2.45, 2.75) is 32.4 Å². The van der Waals surface area contributed by atoms with Gasteiger partial charge in [-0.3, -0.25) is 24.5 Å². The quantitative estimate of drug-likeness (QED) is 0.276. The minimum absolute atomic E-state index is 0.0366. The van der Waals surface area contributed by atoms with Gasteiger partial charge in [0.15, 0.2) is 5.78 Å². The summed E-state index contributed by atoms with van der Waals surface area (Å²) in [5.41, 5.74) is 5.59. The molecule has 0 spiro atoms. The number of amides is 5. The van der Waals surface area contributed by atoms with Crippen molar-refractivity contribution in [3.63, 3.8) is 0 Å². The highest BCUT2D eigenvalue weighted by Crippen LogP contribution is 2.12. The molecule has 10 nitrogen and oxygen atoms in total. The number of benzene rings is 1. The van der Waals surface area contributed by atoms with Crippen molar-refractivity contribution >= 4 is 41.3 Å². The predicted molar refractivity (Wildman–Crippen MR) is 121 cm³/mol. The lowest BCUT2D eigenvalue weighted by Gasteiger charge is -2.21. The number of hydrogen-bond acceptors (Lipinski definition) is 7. The molecule has 0 aliphatic heterocycles. The van der Waals surface area contributed by atoms with Crippen molar-refractivity contribution < 1.29 is 29.1 Å². The first-order valence-electron chi connectivity index (χ1n) is 9.72. The third-order valence-corrected chi connectivity index (χ3v) is 5.50. The summed E-state index contributed by atoms with van der Waals surface area (Å²) >= 11 is 1.15. The van der Waals surface area contributed by atoms with Gasteiger partial charge in [-0.2, -0.15) is 11.8 Å². The maximum atomic E-state index is 12.7. The van der Waals surface area contributed by atoms with Crippen LogP contribution in [0.25, 0.3) is 0 Å². The van der Waals surface area contributed by atoms with Crippen molar-refractivity contribution in [1.82, 2.24) is 16.0 Å². The molecule has 0 aliphatic rings. The number of carbonyl (C=O) groups excluding carboxylic acids is 5. The van der Waals surface area contributed by atoms with Gasteiger partial charge in [0.1, 0.15) is 17.8 Å². The van der Waals surface area contributed by atoms with Crippen LogP contribution in [0.2, 0.25) is 0 Å². The minimum Gasteiger partial charge on any atom is -0.508 e. The molecule has 1 aromatic carbocycles. The SMILES string of the molecule is C=C[C@H](NC(=O)[C@H](Cc1ccc(O)cc1)NC(=O)CSC[C@H](C)C(=O)NC(N)=O)C(C)=O. The number of nitrogens with two attached hydrogens (primary N) is 1. The van der Waals surface area contributed by atoms with E-state index >= 15 is 0 Å². The van der Waals surface area contributed by atoms with E-state index in [4.69, 9.17) is 5.73 Å². The number of nitrogens with one attached hydrogen (secondary N) is 3. The fourth-order valence-electron chi connectivity index (χ4n) is 2.54. The largest absolute Gasteiger partial charge is 0.508 e. The molecule has 1 rings (SSSR count). The summed E-state index contributed by atoms with van der Waals surface area (Å²) in [5, 5.41) is 16.6. The Balaban J connectivity index is 2.75. The first-order valence-corrected chi connectivity index (χ1v) is 10.9. The maximum absolute atomic E-state index is 12.7. The Bertz CT molecular complexity index is 858. The molecule has 5 amide bonds.